The highest BCUT2D eigenvalue weighted by Gasteiger charge is 2.07. The van der Waals surface area contributed by atoms with Crippen LogP contribution >= 0.6 is 11.6 Å². The maximum absolute atomic E-state index is 11.9. The Morgan fingerprint density at radius 2 is 2.08 bits per heavy atom. The van der Waals surface area contributed by atoms with Crippen LogP contribution in [0.15, 0.2) is 47.6 Å². The number of carbonyl (C=O) groups is 1. The van der Waals surface area contributed by atoms with Crippen LogP contribution in [-0.4, -0.2) is 30.4 Å². The molecule has 0 radical (unpaired) electrons. The van der Waals surface area contributed by atoms with Gasteiger partial charge in [-0.1, -0.05) is 17.7 Å². The number of rotatable bonds is 6. The second-order valence-electron chi connectivity index (χ2n) is 4.98. The fourth-order valence-electron chi connectivity index (χ4n) is 1.96. The average Bonchev–Trinajstić information content (AvgIpc) is 2.60. The third kappa shape index (κ3) is 4.89. The van der Waals surface area contributed by atoms with E-state index >= 15 is 0 Å². The molecular weight excluding hydrogens is 330 g/mol. The number of carbonyl (C=O) groups excluding carboxylic acids is 1. The van der Waals surface area contributed by atoms with Crippen LogP contribution in [0.2, 0.25) is 5.02 Å². The van der Waals surface area contributed by atoms with Gasteiger partial charge in [0, 0.05) is 22.3 Å². The second kappa shape index (κ2) is 8.21. The quantitative estimate of drug-likeness (QED) is 0.554. The highest BCUT2D eigenvalue weighted by molar-refractivity contribution is 6.31. The van der Waals surface area contributed by atoms with Gasteiger partial charge in [-0.25, -0.2) is 5.43 Å². The van der Waals surface area contributed by atoms with Gasteiger partial charge in [0.1, 0.15) is 11.5 Å². The smallest absolute Gasteiger partial charge is 0.259 e. The number of halogens is 1. The van der Waals surface area contributed by atoms with Crippen molar-refractivity contribution >= 4 is 28.9 Å². The number of phenols is 1. The molecule has 2 aromatic rings. The van der Waals surface area contributed by atoms with Crippen molar-refractivity contribution in [1.82, 2.24) is 5.43 Å². The minimum Gasteiger partial charge on any atom is -0.507 e. The van der Waals surface area contributed by atoms with E-state index in [-0.39, 0.29) is 18.2 Å². The molecule has 2 rings (SSSR count). The normalized spacial score (nSPS) is 11.0. The molecule has 0 aromatic heterocycles. The number of benzene rings is 2. The summed E-state index contributed by atoms with van der Waals surface area (Å²) in [6.45, 7) is 1.71. The molecule has 0 spiro atoms. The number of hydrazone groups is 1. The Morgan fingerprint density at radius 3 is 2.83 bits per heavy atom. The molecule has 0 bridgehead atoms. The lowest BCUT2D eigenvalue weighted by Gasteiger charge is -2.08. The number of methoxy groups -OCH3 is 1. The SMILES string of the molecule is COc1cccc(NCC(=O)N/N=C(\C)c2cc(Cl)ccc2O)c1. The summed E-state index contributed by atoms with van der Waals surface area (Å²) < 4.78 is 5.11. The molecule has 2 aromatic carbocycles. The first-order valence-electron chi connectivity index (χ1n) is 7.19. The topological polar surface area (TPSA) is 83.0 Å². The highest BCUT2D eigenvalue weighted by atomic mass is 35.5. The zero-order chi connectivity index (χ0) is 17.5. The van der Waals surface area contributed by atoms with E-state index in [4.69, 9.17) is 16.3 Å². The van der Waals surface area contributed by atoms with Crippen molar-refractivity contribution < 1.29 is 14.6 Å². The molecular formula is C17H18ClN3O3. The summed E-state index contributed by atoms with van der Waals surface area (Å²) in [5.41, 5.74) is 4.10. The maximum atomic E-state index is 11.9. The highest BCUT2D eigenvalue weighted by Crippen LogP contribution is 2.22. The van der Waals surface area contributed by atoms with E-state index in [0.717, 1.165) is 5.69 Å². The van der Waals surface area contributed by atoms with E-state index < -0.39 is 0 Å². The first-order valence-corrected chi connectivity index (χ1v) is 7.57. The van der Waals surface area contributed by atoms with E-state index in [0.29, 0.717) is 22.0 Å². The van der Waals surface area contributed by atoms with Gasteiger partial charge in [0.25, 0.3) is 5.91 Å². The molecule has 0 fully saturated rings. The van der Waals surface area contributed by atoms with Crippen molar-refractivity contribution in [3.63, 3.8) is 0 Å². The Kier molecular flexibility index (Phi) is 6.03. The van der Waals surface area contributed by atoms with Gasteiger partial charge in [-0.3, -0.25) is 4.79 Å². The van der Waals surface area contributed by atoms with Crippen LogP contribution in [0.25, 0.3) is 0 Å². The molecule has 0 saturated heterocycles. The number of nitrogens with one attached hydrogen (secondary N) is 2. The molecule has 0 aliphatic heterocycles. The van der Waals surface area contributed by atoms with Crippen LogP contribution in [0, 0.1) is 0 Å². The minimum absolute atomic E-state index is 0.0457. The zero-order valence-corrected chi connectivity index (χ0v) is 14.1. The van der Waals surface area contributed by atoms with Crippen molar-refractivity contribution in [1.29, 1.82) is 0 Å². The Labute approximate surface area is 145 Å². The lowest BCUT2D eigenvalue weighted by molar-refractivity contribution is -0.119. The molecule has 0 aliphatic rings. The maximum Gasteiger partial charge on any atom is 0.259 e. The summed E-state index contributed by atoms with van der Waals surface area (Å²) in [6, 6.07) is 11.9. The Bertz CT molecular complexity index is 762. The van der Waals surface area contributed by atoms with Gasteiger partial charge in [-0.2, -0.15) is 5.10 Å². The molecule has 0 unspecified atom stereocenters. The van der Waals surface area contributed by atoms with Crippen LogP contribution in [0.3, 0.4) is 0 Å². The molecule has 1 amide bonds. The number of hydrogen-bond acceptors (Lipinski definition) is 5. The molecule has 0 heterocycles. The number of anilines is 1. The zero-order valence-electron chi connectivity index (χ0n) is 13.3. The Hall–Kier alpha value is -2.73. The number of phenolic OH excluding ortho intramolecular Hbond substituents is 1. The molecule has 3 N–H and O–H groups in total. The molecule has 126 valence electrons. The first kappa shape index (κ1) is 17.6. The van der Waals surface area contributed by atoms with Gasteiger partial charge in [-0.05, 0) is 37.3 Å². The van der Waals surface area contributed by atoms with Gasteiger partial charge in [0.15, 0.2) is 0 Å². The number of hydrogen-bond donors (Lipinski definition) is 3. The van der Waals surface area contributed by atoms with E-state index in [9.17, 15) is 9.90 Å². The van der Waals surface area contributed by atoms with Crippen LogP contribution in [0.4, 0.5) is 5.69 Å². The van der Waals surface area contributed by atoms with Gasteiger partial charge in [0.05, 0.1) is 19.4 Å². The fraction of sp³-hybridized carbons (Fsp3) is 0.176. The molecule has 0 aliphatic carbocycles. The Morgan fingerprint density at radius 1 is 1.29 bits per heavy atom. The molecule has 0 saturated carbocycles. The molecule has 7 heteroatoms. The summed E-state index contributed by atoms with van der Waals surface area (Å²) in [5.74, 6) is 0.425. The number of aromatic hydroxyl groups is 1. The monoisotopic (exact) mass is 347 g/mol. The van der Waals surface area contributed by atoms with Gasteiger partial charge >= 0.3 is 0 Å². The van der Waals surface area contributed by atoms with Gasteiger partial charge < -0.3 is 15.2 Å². The lowest BCUT2D eigenvalue weighted by atomic mass is 10.1. The van der Waals surface area contributed by atoms with E-state index in [2.05, 4.69) is 15.8 Å². The van der Waals surface area contributed by atoms with Crippen molar-refractivity contribution in [2.45, 2.75) is 6.92 Å². The predicted octanol–water partition coefficient (Wildman–Crippen LogP) is 3.01. The van der Waals surface area contributed by atoms with Crippen LogP contribution < -0.4 is 15.5 Å². The summed E-state index contributed by atoms with van der Waals surface area (Å²) in [7, 11) is 1.58. The standard InChI is InChI=1S/C17H18ClN3O3/c1-11(15-8-12(18)6-7-16(15)22)20-21-17(23)10-19-13-4-3-5-14(9-13)24-2/h3-9,19,22H,10H2,1-2H3,(H,21,23)/b20-11+. The van der Waals surface area contributed by atoms with Crippen molar-refractivity contribution in [3.05, 3.63) is 53.1 Å². The third-order valence-corrected chi connectivity index (χ3v) is 3.45. The third-order valence-electron chi connectivity index (χ3n) is 3.22. The van der Waals surface area contributed by atoms with Crippen molar-refractivity contribution in [2.75, 3.05) is 19.0 Å². The lowest BCUT2D eigenvalue weighted by Crippen LogP contribution is -2.26. The summed E-state index contributed by atoms with van der Waals surface area (Å²) in [5, 5.41) is 17.2. The van der Waals surface area contributed by atoms with Crippen LogP contribution in [-0.2, 0) is 4.79 Å². The predicted molar refractivity (Wildman–Crippen MR) is 95.0 cm³/mol. The van der Waals surface area contributed by atoms with Crippen LogP contribution in [0.1, 0.15) is 12.5 Å². The largest absolute Gasteiger partial charge is 0.507 e. The van der Waals surface area contributed by atoms with Crippen LogP contribution in [0.5, 0.6) is 11.5 Å². The minimum atomic E-state index is -0.321. The summed E-state index contributed by atoms with van der Waals surface area (Å²) >= 11 is 5.89. The van der Waals surface area contributed by atoms with E-state index in [1.807, 2.05) is 18.2 Å². The molecule has 0 atom stereocenters. The molecule has 6 nitrogen and oxygen atoms in total. The molecule has 24 heavy (non-hydrogen) atoms. The summed E-state index contributed by atoms with van der Waals surface area (Å²) in [4.78, 5) is 11.9. The van der Waals surface area contributed by atoms with Crippen molar-refractivity contribution in [2.24, 2.45) is 5.10 Å². The number of amides is 1. The van der Waals surface area contributed by atoms with Crippen molar-refractivity contribution in [3.8, 4) is 11.5 Å². The Balaban J connectivity index is 1.93. The van der Waals surface area contributed by atoms with E-state index in [1.54, 1.807) is 32.2 Å². The average molecular weight is 348 g/mol. The second-order valence-corrected chi connectivity index (χ2v) is 5.42. The van der Waals surface area contributed by atoms with Gasteiger partial charge in [-0.15, -0.1) is 0 Å². The first-order chi connectivity index (χ1) is 11.5. The van der Waals surface area contributed by atoms with Gasteiger partial charge in [0.2, 0.25) is 0 Å². The summed E-state index contributed by atoms with van der Waals surface area (Å²) in [6.07, 6.45) is 0. The fourth-order valence-corrected chi connectivity index (χ4v) is 2.13. The van der Waals surface area contributed by atoms with E-state index in [1.165, 1.54) is 6.07 Å². The number of nitrogens with zero attached hydrogens (tertiary/aromatic N) is 1. The number of ether oxygens (including phenoxy) is 1.